The number of aliphatic hydroxyl groups excluding tert-OH is 1. The molecule has 3 rings (SSSR count). The molecule has 2 N–H and O–H groups in total. The molecule has 0 spiro atoms. The molecule has 1 amide bonds. The predicted molar refractivity (Wildman–Crippen MR) is 80.2 cm³/mol. The van der Waals surface area contributed by atoms with Crippen LogP contribution in [0, 0.1) is 11.8 Å². The van der Waals surface area contributed by atoms with E-state index in [1.807, 2.05) is 18.2 Å². The van der Waals surface area contributed by atoms with Gasteiger partial charge in [-0.1, -0.05) is 41.4 Å². The zero-order valence-electron chi connectivity index (χ0n) is 10.8. The van der Waals surface area contributed by atoms with E-state index >= 15 is 0 Å². The second-order valence-electron chi connectivity index (χ2n) is 4.09. The van der Waals surface area contributed by atoms with Crippen molar-refractivity contribution >= 4 is 33.3 Å². The summed E-state index contributed by atoms with van der Waals surface area (Å²) in [5.41, 5.74) is 1.13. The minimum atomic E-state index is -0.282. The van der Waals surface area contributed by atoms with Crippen LogP contribution in [0.25, 0.3) is 11.0 Å². The summed E-state index contributed by atoms with van der Waals surface area (Å²) in [6.45, 7) is -0.208. The second kappa shape index (κ2) is 5.79. The molecule has 2 aromatic heterocycles. The Morgan fingerprint density at radius 1 is 1.43 bits per heavy atom. The van der Waals surface area contributed by atoms with E-state index < -0.39 is 0 Å². The number of carbonyl (C=O) groups is 1. The number of aliphatic hydroxyl groups is 1. The van der Waals surface area contributed by atoms with Gasteiger partial charge in [0.25, 0.3) is 5.91 Å². The SMILES string of the molecule is O=C(Nc1ncc(C#CCO)s1)c1coc2ccccc12. The van der Waals surface area contributed by atoms with Crippen LogP contribution in [0.1, 0.15) is 15.2 Å². The summed E-state index contributed by atoms with van der Waals surface area (Å²) in [7, 11) is 0. The first-order chi connectivity index (χ1) is 10.3. The topological polar surface area (TPSA) is 75.4 Å². The first-order valence-corrected chi connectivity index (χ1v) is 6.92. The van der Waals surface area contributed by atoms with Crippen molar-refractivity contribution < 1.29 is 14.3 Å². The van der Waals surface area contributed by atoms with Crippen molar-refractivity contribution in [3.63, 3.8) is 0 Å². The number of carbonyl (C=O) groups excluding carboxylic acids is 1. The second-order valence-corrected chi connectivity index (χ2v) is 5.12. The van der Waals surface area contributed by atoms with E-state index in [-0.39, 0.29) is 12.5 Å². The molecule has 104 valence electrons. The highest BCUT2D eigenvalue weighted by molar-refractivity contribution is 7.16. The Balaban J connectivity index is 1.81. The average Bonchev–Trinajstić information content (AvgIpc) is 3.11. The van der Waals surface area contributed by atoms with Gasteiger partial charge in [0.05, 0.1) is 16.6 Å². The summed E-state index contributed by atoms with van der Waals surface area (Å²) >= 11 is 1.25. The number of para-hydroxylation sites is 1. The van der Waals surface area contributed by atoms with Gasteiger partial charge in [0.1, 0.15) is 18.5 Å². The Labute approximate surface area is 124 Å². The molecule has 0 atom stereocenters. The molecule has 0 aliphatic rings. The molecule has 0 saturated carbocycles. The standard InChI is InChI=1S/C15H10N2O3S/c18-7-3-4-10-8-16-15(21-10)17-14(19)12-9-20-13-6-2-1-5-11(12)13/h1-2,5-6,8-9,18H,7H2,(H,16,17,19). The predicted octanol–water partition coefficient (Wildman–Crippen LogP) is 2.49. The Hall–Kier alpha value is -2.62. The molecule has 21 heavy (non-hydrogen) atoms. The fourth-order valence-corrected chi connectivity index (χ4v) is 2.52. The highest BCUT2D eigenvalue weighted by Crippen LogP contribution is 2.23. The lowest BCUT2D eigenvalue weighted by atomic mass is 10.2. The number of rotatable bonds is 2. The van der Waals surface area contributed by atoms with Gasteiger partial charge in [0.15, 0.2) is 5.13 Å². The zero-order chi connectivity index (χ0) is 14.7. The average molecular weight is 298 g/mol. The largest absolute Gasteiger partial charge is 0.463 e. The monoisotopic (exact) mass is 298 g/mol. The number of furan rings is 1. The van der Waals surface area contributed by atoms with E-state index in [9.17, 15) is 4.79 Å². The molecule has 1 aromatic carbocycles. The molecule has 2 heterocycles. The van der Waals surface area contributed by atoms with Gasteiger partial charge in [0.2, 0.25) is 0 Å². The molecule has 0 bridgehead atoms. The third-order valence-corrected chi connectivity index (χ3v) is 3.57. The fraction of sp³-hybridized carbons (Fsp3) is 0.0667. The molecular formula is C15H10N2O3S. The van der Waals surface area contributed by atoms with E-state index in [2.05, 4.69) is 22.1 Å². The maximum atomic E-state index is 12.2. The number of nitrogens with one attached hydrogen (secondary N) is 1. The molecule has 0 aliphatic heterocycles. The van der Waals surface area contributed by atoms with Crippen molar-refractivity contribution in [2.45, 2.75) is 0 Å². The molecule has 6 heteroatoms. The number of nitrogens with zero attached hydrogens (tertiary/aromatic N) is 1. The highest BCUT2D eigenvalue weighted by atomic mass is 32.1. The van der Waals surface area contributed by atoms with Crippen LogP contribution in [-0.4, -0.2) is 22.6 Å². The number of benzene rings is 1. The molecule has 0 unspecified atom stereocenters. The van der Waals surface area contributed by atoms with Crippen LogP contribution < -0.4 is 5.32 Å². The highest BCUT2D eigenvalue weighted by Gasteiger charge is 2.14. The molecule has 0 saturated heterocycles. The summed E-state index contributed by atoms with van der Waals surface area (Å²) in [4.78, 5) is 17.0. The van der Waals surface area contributed by atoms with Gasteiger partial charge < -0.3 is 9.52 Å². The van der Waals surface area contributed by atoms with Gasteiger partial charge in [-0.2, -0.15) is 0 Å². The maximum Gasteiger partial charge on any atom is 0.261 e. The number of fused-ring (bicyclic) bond motifs is 1. The first-order valence-electron chi connectivity index (χ1n) is 6.11. The van der Waals surface area contributed by atoms with Crippen molar-refractivity contribution in [1.29, 1.82) is 0 Å². The van der Waals surface area contributed by atoms with Gasteiger partial charge in [-0.15, -0.1) is 0 Å². The number of hydrogen-bond acceptors (Lipinski definition) is 5. The Morgan fingerprint density at radius 2 is 2.29 bits per heavy atom. The van der Waals surface area contributed by atoms with Gasteiger partial charge >= 0.3 is 0 Å². The van der Waals surface area contributed by atoms with Crippen LogP contribution in [0.4, 0.5) is 5.13 Å². The number of hydrogen-bond donors (Lipinski definition) is 2. The van der Waals surface area contributed by atoms with Crippen LogP contribution in [-0.2, 0) is 0 Å². The van der Waals surface area contributed by atoms with Gasteiger partial charge in [0, 0.05) is 5.39 Å². The molecule has 0 fully saturated rings. The Kier molecular flexibility index (Phi) is 3.69. The maximum absolute atomic E-state index is 12.2. The number of amides is 1. The van der Waals surface area contributed by atoms with Crippen molar-refractivity contribution in [2.75, 3.05) is 11.9 Å². The van der Waals surface area contributed by atoms with E-state index in [0.717, 1.165) is 5.39 Å². The molecular weight excluding hydrogens is 288 g/mol. The van der Waals surface area contributed by atoms with Crippen LogP contribution in [0.2, 0.25) is 0 Å². The zero-order valence-corrected chi connectivity index (χ0v) is 11.6. The number of thiazole rings is 1. The molecule has 0 radical (unpaired) electrons. The lowest BCUT2D eigenvalue weighted by Crippen LogP contribution is -2.10. The van der Waals surface area contributed by atoms with Gasteiger partial charge in [-0.25, -0.2) is 4.98 Å². The Morgan fingerprint density at radius 3 is 3.14 bits per heavy atom. The van der Waals surface area contributed by atoms with Crippen LogP contribution >= 0.6 is 11.3 Å². The van der Waals surface area contributed by atoms with E-state index in [1.54, 1.807) is 12.3 Å². The minimum Gasteiger partial charge on any atom is -0.463 e. The quantitative estimate of drug-likeness (QED) is 0.713. The van der Waals surface area contributed by atoms with E-state index in [1.165, 1.54) is 17.6 Å². The van der Waals surface area contributed by atoms with Crippen LogP contribution in [0.15, 0.2) is 41.1 Å². The summed E-state index contributed by atoms with van der Waals surface area (Å²) in [6, 6.07) is 7.33. The third kappa shape index (κ3) is 2.79. The molecule has 0 aliphatic carbocycles. The fourth-order valence-electron chi connectivity index (χ4n) is 1.83. The third-order valence-electron chi connectivity index (χ3n) is 2.74. The summed E-state index contributed by atoms with van der Waals surface area (Å²) in [5, 5.41) is 12.6. The smallest absolute Gasteiger partial charge is 0.261 e. The molecule has 3 aromatic rings. The van der Waals surface area contributed by atoms with Gasteiger partial charge in [-0.3, -0.25) is 10.1 Å². The normalized spacial score (nSPS) is 10.1. The van der Waals surface area contributed by atoms with Crippen LogP contribution in [0.5, 0.6) is 0 Å². The van der Waals surface area contributed by atoms with E-state index in [0.29, 0.717) is 21.2 Å². The summed E-state index contributed by atoms with van der Waals surface area (Å²) in [5.74, 6) is 4.99. The van der Waals surface area contributed by atoms with E-state index in [4.69, 9.17) is 9.52 Å². The lowest BCUT2D eigenvalue weighted by Gasteiger charge is -1.98. The van der Waals surface area contributed by atoms with Crippen molar-refractivity contribution in [1.82, 2.24) is 4.98 Å². The van der Waals surface area contributed by atoms with Crippen molar-refractivity contribution in [3.8, 4) is 11.8 Å². The number of aromatic nitrogens is 1. The lowest BCUT2D eigenvalue weighted by molar-refractivity contribution is 0.102. The Bertz CT molecular complexity index is 854. The summed E-state index contributed by atoms with van der Waals surface area (Å²) in [6.07, 6.45) is 2.98. The summed E-state index contributed by atoms with van der Waals surface area (Å²) < 4.78 is 5.34. The minimum absolute atomic E-state index is 0.208. The molecule has 5 nitrogen and oxygen atoms in total. The van der Waals surface area contributed by atoms with Crippen molar-refractivity contribution in [2.24, 2.45) is 0 Å². The van der Waals surface area contributed by atoms with Gasteiger partial charge in [-0.05, 0) is 6.07 Å². The van der Waals surface area contributed by atoms with Crippen LogP contribution in [0.3, 0.4) is 0 Å². The number of anilines is 1. The van der Waals surface area contributed by atoms with Crippen molar-refractivity contribution in [3.05, 3.63) is 47.2 Å². The first kappa shape index (κ1) is 13.4.